The van der Waals surface area contributed by atoms with E-state index in [0.717, 1.165) is 11.1 Å². The lowest BCUT2D eigenvalue weighted by Gasteiger charge is -2.07. The first-order valence-corrected chi connectivity index (χ1v) is 8.19. The van der Waals surface area contributed by atoms with E-state index in [1.54, 1.807) is 30.3 Å². The highest BCUT2D eigenvalue weighted by Crippen LogP contribution is 2.38. The molecule has 0 amide bonds. The Bertz CT molecular complexity index is 1080. The molecular formula is C22H14O4. The summed E-state index contributed by atoms with van der Waals surface area (Å²) in [4.78, 5) is 36.7. The zero-order valence-corrected chi connectivity index (χ0v) is 13.7. The molecule has 126 valence electrons. The molecule has 0 spiro atoms. The van der Waals surface area contributed by atoms with Gasteiger partial charge in [-0.25, -0.2) is 4.79 Å². The van der Waals surface area contributed by atoms with Crippen molar-refractivity contribution >= 4 is 17.5 Å². The summed E-state index contributed by atoms with van der Waals surface area (Å²) in [5, 5.41) is 9.09. The van der Waals surface area contributed by atoms with Gasteiger partial charge in [0.1, 0.15) is 0 Å². The second kappa shape index (κ2) is 6.08. The Morgan fingerprint density at radius 3 is 2.27 bits per heavy atom. The molecule has 0 saturated heterocycles. The number of Topliss-reactive ketones (excluding diaryl/α,β-unsaturated/α-hetero) is 1. The number of aromatic carboxylic acids is 1. The molecule has 3 aromatic rings. The lowest BCUT2D eigenvalue weighted by molar-refractivity contribution is 0.0696. The molecule has 1 N–H and O–H groups in total. The van der Waals surface area contributed by atoms with Crippen molar-refractivity contribution in [1.29, 1.82) is 0 Å². The summed E-state index contributed by atoms with van der Waals surface area (Å²) in [6.45, 7) is 0. The molecule has 26 heavy (non-hydrogen) atoms. The average Bonchev–Trinajstić information content (AvgIpc) is 2.95. The van der Waals surface area contributed by atoms with Crippen LogP contribution in [0.3, 0.4) is 0 Å². The van der Waals surface area contributed by atoms with Crippen LogP contribution in [0.5, 0.6) is 0 Å². The molecule has 1 aliphatic rings. The van der Waals surface area contributed by atoms with Gasteiger partial charge in [0.25, 0.3) is 0 Å². The molecule has 0 atom stereocenters. The summed E-state index contributed by atoms with van der Waals surface area (Å²) in [5.74, 6) is -1.38. The first-order valence-electron chi connectivity index (χ1n) is 8.19. The third kappa shape index (κ3) is 2.52. The molecule has 0 unspecified atom stereocenters. The monoisotopic (exact) mass is 342 g/mol. The first kappa shape index (κ1) is 16.0. The van der Waals surface area contributed by atoms with Crippen LogP contribution in [-0.2, 0) is 6.42 Å². The second-order valence-corrected chi connectivity index (χ2v) is 6.21. The van der Waals surface area contributed by atoms with Gasteiger partial charge in [-0.15, -0.1) is 0 Å². The Morgan fingerprint density at radius 1 is 0.808 bits per heavy atom. The van der Waals surface area contributed by atoms with Crippen LogP contribution >= 0.6 is 0 Å². The van der Waals surface area contributed by atoms with Crippen LogP contribution in [-0.4, -0.2) is 22.6 Å². The second-order valence-electron chi connectivity index (χ2n) is 6.21. The molecule has 0 heterocycles. The zero-order chi connectivity index (χ0) is 18.3. The largest absolute Gasteiger partial charge is 0.478 e. The summed E-state index contributed by atoms with van der Waals surface area (Å²) in [7, 11) is 0. The number of carboxylic acids is 1. The van der Waals surface area contributed by atoms with E-state index in [9.17, 15) is 14.4 Å². The number of carbonyl (C=O) groups is 3. The minimum Gasteiger partial charge on any atom is -0.478 e. The average molecular weight is 342 g/mol. The Hall–Kier alpha value is -3.53. The number of fused-ring (bicyclic) bond motifs is 3. The molecule has 0 bridgehead atoms. The van der Waals surface area contributed by atoms with Crippen molar-refractivity contribution in [1.82, 2.24) is 0 Å². The first-order chi connectivity index (χ1) is 12.6. The number of carbonyl (C=O) groups excluding carboxylic acids is 2. The van der Waals surface area contributed by atoms with Crippen molar-refractivity contribution in [3.05, 3.63) is 94.5 Å². The van der Waals surface area contributed by atoms with E-state index in [1.165, 1.54) is 12.1 Å². The number of hydrogen-bond donors (Lipinski definition) is 1. The van der Waals surface area contributed by atoms with Gasteiger partial charge < -0.3 is 5.11 Å². The molecule has 1 aliphatic carbocycles. The summed E-state index contributed by atoms with van der Waals surface area (Å²) >= 11 is 0. The predicted octanol–water partition coefficient (Wildman–Crippen LogP) is 4.02. The summed E-state index contributed by atoms with van der Waals surface area (Å²) in [6, 6.07) is 18.9. The maximum atomic E-state index is 12.9. The van der Waals surface area contributed by atoms with Crippen molar-refractivity contribution in [2.45, 2.75) is 6.42 Å². The molecule has 0 saturated carbocycles. The van der Waals surface area contributed by atoms with E-state index in [4.69, 9.17) is 5.11 Å². The van der Waals surface area contributed by atoms with Crippen LogP contribution in [0.15, 0.2) is 66.7 Å². The molecule has 4 rings (SSSR count). The minimum atomic E-state index is -1.04. The van der Waals surface area contributed by atoms with E-state index in [-0.39, 0.29) is 23.6 Å². The summed E-state index contributed by atoms with van der Waals surface area (Å²) in [6.07, 6.45) is 0.0429. The fourth-order valence-electron chi connectivity index (χ4n) is 3.40. The lowest BCUT2D eigenvalue weighted by Crippen LogP contribution is -2.10. The fraction of sp³-hybridized carbons (Fsp3) is 0.0455. The van der Waals surface area contributed by atoms with Gasteiger partial charge in [0.05, 0.1) is 5.56 Å². The van der Waals surface area contributed by atoms with Crippen LogP contribution in [0, 0.1) is 0 Å². The van der Waals surface area contributed by atoms with Crippen LogP contribution in [0.1, 0.15) is 42.2 Å². The molecule has 4 heteroatoms. The Balaban J connectivity index is 1.72. The number of rotatable bonds is 4. The van der Waals surface area contributed by atoms with Gasteiger partial charge in [-0.05, 0) is 28.8 Å². The highest BCUT2D eigenvalue weighted by atomic mass is 16.4. The Labute approximate surface area is 149 Å². The fourth-order valence-corrected chi connectivity index (χ4v) is 3.40. The zero-order valence-electron chi connectivity index (χ0n) is 13.7. The van der Waals surface area contributed by atoms with Crippen molar-refractivity contribution in [2.24, 2.45) is 0 Å². The summed E-state index contributed by atoms with van der Waals surface area (Å²) < 4.78 is 0. The van der Waals surface area contributed by atoms with Crippen LogP contribution in [0.4, 0.5) is 0 Å². The molecule has 0 aliphatic heterocycles. The quantitative estimate of drug-likeness (QED) is 0.569. The lowest BCUT2D eigenvalue weighted by atomic mass is 9.94. The third-order valence-electron chi connectivity index (χ3n) is 4.59. The number of carboxylic acid groups (broad SMARTS) is 1. The Morgan fingerprint density at radius 2 is 1.50 bits per heavy atom. The highest BCUT2D eigenvalue weighted by molar-refractivity contribution is 6.26. The van der Waals surface area contributed by atoms with Crippen LogP contribution < -0.4 is 0 Å². The maximum Gasteiger partial charge on any atom is 0.335 e. The van der Waals surface area contributed by atoms with Gasteiger partial charge in [-0.1, -0.05) is 54.6 Å². The van der Waals surface area contributed by atoms with Crippen molar-refractivity contribution in [2.75, 3.05) is 0 Å². The van der Waals surface area contributed by atoms with E-state index < -0.39 is 5.97 Å². The van der Waals surface area contributed by atoms with Crippen LogP contribution in [0.2, 0.25) is 0 Å². The standard InChI is InChI=1S/C22H14O4/c23-19(12-13-5-3-6-14(11-13)22(25)26)18-10-4-9-16-15-7-1-2-8-17(15)21(24)20(16)18/h1-11H,12H2,(H,25,26). The van der Waals surface area contributed by atoms with Gasteiger partial charge in [0, 0.05) is 23.1 Å². The highest BCUT2D eigenvalue weighted by Gasteiger charge is 2.30. The van der Waals surface area contributed by atoms with E-state index in [2.05, 4.69) is 0 Å². The Kier molecular flexibility index (Phi) is 3.73. The van der Waals surface area contributed by atoms with E-state index in [1.807, 2.05) is 24.3 Å². The smallest absolute Gasteiger partial charge is 0.335 e. The summed E-state index contributed by atoms with van der Waals surface area (Å²) in [5.41, 5.74) is 3.78. The number of hydrogen-bond acceptors (Lipinski definition) is 3. The topological polar surface area (TPSA) is 71.4 Å². The molecule has 0 aromatic heterocycles. The third-order valence-corrected chi connectivity index (χ3v) is 4.59. The van der Waals surface area contributed by atoms with Gasteiger partial charge in [-0.2, -0.15) is 0 Å². The molecule has 3 aromatic carbocycles. The SMILES string of the molecule is O=C(O)c1cccc(CC(=O)c2cccc3c2C(=O)c2ccccc2-3)c1. The number of benzene rings is 3. The van der Waals surface area contributed by atoms with E-state index in [0.29, 0.717) is 22.3 Å². The van der Waals surface area contributed by atoms with Gasteiger partial charge in [-0.3, -0.25) is 9.59 Å². The van der Waals surface area contributed by atoms with Crippen LogP contribution in [0.25, 0.3) is 11.1 Å². The molecule has 4 nitrogen and oxygen atoms in total. The maximum absolute atomic E-state index is 12.9. The molecule has 0 fully saturated rings. The normalized spacial score (nSPS) is 11.8. The van der Waals surface area contributed by atoms with Gasteiger partial charge >= 0.3 is 5.97 Å². The van der Waals surface area contributed by atoms with E-state index >= 15 is 0 Å². The van der Waals surface area contributed by atoms with Gasteiger partial charge in [0.2, 0.25) is 0 Å². The van der Waals surface area contributed by atoms with Crippen molar-refractivity contribution in [3.8, 4) is 11.1 Å². The molecule has 0 radical (unpaired) electrons. The minimum absolute atomic E-state index is 0.0429. The number of ketones is 2. The van der Waals surface area contributed by atoms with Crippen molar-refractivity contribution < 1.29 is 19.5 Å². The predicted molar refractivity (Wildman–Crippen MR) is 96.7 cm³/mol. The molecular weight excluding hydrogens is 328 g/mol. The van der Waals surface area contributed by atoms with Crippen molar-refractivity contribution in [3.63, 3.8) is 0 Å². The van der Waals surface area contributed by atoms with Gasteiger partial charge in [0.15, 0.2) is 11.6 Å².